The van der Waals surface area contributed by atoms with E-state index in [2.05, 4.69) is 32.6 Å². The van der Waals surface area contributed by atoms with Crippen LogP contribution in [-0.2, 0) is 0 Å². The summed E-state index contributed by atoms with van der Waals surface area (Å²) in [6.07, 6.45) is 16.9. The van der Waals surface area contributed by atoms with Crippen molar-refractivity contribution < 1.29 is 0 Å². The van der Waals surface area contributed by atoms with Crippen molar-refractivity contribution in [2.24, 2.45) is 40.4 Å². The van der Waals surface area contributed by atoms with Gasteiger partial charge in [0.1, 0.15) is 0 Å². The molecule has 0 radical (unpaired) electrons. The standard InChI is InChI=1S/C25H41N/c1-23(2)20-9-10-24(3,15-20)25(23,4)26(21-13-16-5-7-18(21)11-16)22-14-17-6-8-19(22)12-17/h16-22H,5-15H2,1-4H3. The molecule has 1 heteroatoms. The zero-order valence-electron chi connectivity index (χ0n) is 17.8. The summed E-state index contributed by atoms with van der Waals surface area (Å²) < 4.78 is 0. The highest BCUT2D eigenvalue weighted by molar-refractivity contribution is 5.23. The smallest absolute Gasteiger partial charge is 0.0294 e. The van der Waals surface area contributed by atoms with Crippen molar-refractivity contribution in [1.82, 2.24) is 4.90 Å². The van der Waals surface area contributed by atoms with Gasteiger partial charge in [-0.3, -0.25) is 4.90 Å². The molecule has 26 heavy (non-hydrogen) atoms. The van der Waals surface area contributed by atoms with Gasteiger partial charge in [-0.15, -0.1) is 0 Å². The summed E-state index contributed by atoms with van der Waals surface area (Å²) in [4.78, 5) is 3.32. The van der Waals surface area contributed by atoms with Gasteiger partial charge in [0.05, 0.1) is 0 Å². The molecular weight excluding hydrogens is 314 g/mol. The summed E-state index contributed by atoms with van der Waals surface area (Å²) >= 11 is 0. The Morgan fingerprint density at radius 1 is 0.692 bits per heavy atom. The van der Waals surface area contributed by atoms with Gasteiger partial charge in [0.25, 0.3) is 0 Å². The molecule has 6 aliphatic rings. The molecule has 0 aromatic rings. The van der Waals surface area contributed by atoms with Crippen LogP contribution in [0.2, 0.25) is 0 Å². The molecule has 0 aromatic heterocycles. The van der Waals surface area contributed by atoms with E-state index in [0.29, 0.717) is 16.4 Å². The molecule has 0 amide bonds. The molecule has 6 rings (SSSR count). The fourth-order valence-corrected chi connectivity index (χ4v) is 10.1. The molecule has 0 N–H and O–H groups in total. The molecule has 6 bridgehead atoms. The Kier molecular flexibility index (Phi) is 3.32. The summed E-state index contributed by atoms with van der Waals surface area (Å²) in [5.41, 5.74) is 1.47. The maximum atomic E-state index is 3.32. The van der Waals surface area contributed by atoms with E-state index in [1.54, 1.807) is 51.4 Å². The molecule has 0 aromatic carbocycles. The van der Waals surface area contributed by atoms with Crippen molar-refractivity contribution in [3.8, 4) is 0 Å². The Hall–Kier alpha value is -0.0400. The van der Waals surface area contributed by atoms with E-state index < -0.39 is 0 Å². The zero-order valence-corrected chi connectivity index (χ0v) is 17.8. The summed E-state index contributed by atoms with van der Waals surface area (Å²) in [6.45, 7) is 10.8. The fraction of sp³-hybridized carbons (Fsp3) is 1.00. The monoisotopic (exact) mass is 355 g/mol. The van der Waals surface area contributed by atoms with Crippen molar-refractivity contribution in [1.29, 1.82) is 0 Å². The highest BCUT2D eigenvalue weighted by Crippen LogP contribution is 2.72. The lowest BCUT2D eigenvalue weighted by atomic mass is 9.57. The van der Waals surface area contributed by atoms with E-state index in [1.807, 2.05) is 0 Å². The SMILES string of the molecule is CC12CCC(C1)C(C)(C)C2(C)N(C1CC2CCC1C2)C1CC2CCC1C2. The average molecular weight is 356 g/mol. The maximum absolute atomic E-state index is 3.32. The Labute approximate surface area is 161 Å². The van der Waals surface area contributed by atoms with Crippen LogP contribution in [0.4, 0.5) is 0 Å². The molecule has 0 saturated heterocycles. The first kappa shape index (κ1) is 16.9. The zero-order chi connectivity index (χ0) is 17.9. The van der Waals surface area contributed by atoms with Gasteiger partial charge in [-0.25, -0.2) is 0 Å². The Morgan fingerprint density at radius 3 is 1.65 bits per heavy atom. The van der Waals surface area contributed by atoms with Crippen LogP contribution in [0.5, 0.6) is 0 Å². The largest absolute Gasteiger partial charge is 0.290 e. The van der Waals surface area contributed by atoms with Crippen LogP contribution in [0.25, 0.3) is 0 Å². The van der Waals surface area contributed by atoms with Crippen LogP contribution >= 0.6 is 0 Å². The molecule has 0 aliphatic heterocycles. The first-order chi connectivity index (χ1) is 12.3. The van der Waals surface area contributed by atoms with Crippen LogP contribution < -0.4 is 0 Å². The van der Waals surface area contributed by atoms with Crippen LogP contribution in [0.3, 0.4) is 0 Å². The molecule has 6 aliphatic carbocycles. The lowest BCUT2D eigenvalue weighted by Crippen LogP contribution is -2.69. The Morgan fingerprint density at radius 2 is 1.27 bits per heavy atom. The molecule has 6 fully saturated rings. The summed E-state index contributed by atoms with van der Waals surface area (Å²) in [5, 5.41) is 0. The van der Waals surface area contributed by atoms with Gasteiger partial charge in [0, 0.05) is 17.6 Å². The van der Waals surface area contributed by atoms with E-state index in [1.165, 1.54) is 19.3 Å². The van der Waals surface area contributed by atoms with Gasteiger partial charge in [0.15, 0.2) is 0 Å². The van der Waals surface area contributed by atoms with Crippen molar-refractivity contribution in [2.75, 3.05) is 0 Å². The first-order valence-corrected chi connectivity index (χ1v) is 12.1. The van der Waals surface area contributed by atoms with Crippen molar-refractivity contribution in [3.05, 3.63) is 0 Å². The number of fused-ring (bicyclic) bond motifs is 6. The molecule has 6 saturated carbocycles. The summed E-state index contributed by atoms with van der Waals surface area (Å²) in [6, 6.07) is 1.86. The first-order valence-electron chi connectivity index (χ1n) is 12.1. The minimum Gasteiger partial charge on any atom is -0.290 e. The van der Waals surface area contributed by atoms with E-state index in [-0.39, 0.29) is 0 Å². The third kappa shape index (κ3) is 1.84. The Bertz CT molecular complexity index is 575. The van der Waals surface area contributed by atoms with E-state index in [9.17, 15) is 0 Å². The van der Waals surface area contributed by atoms with Gasteiger partial charge in [0.2, 0.25) is 0 Å². The second kappa shape index (κ2) is 5.11. The fourth-order valence-electron chi connectivity index (χ4n) is 10.1. The minimum absolute atomic E-state index is 0.424. The van der Waals surface area contributed by atoms with Crippen molar-refractivity contribution >= 4 is 0 Å². The third-order valence-corrected chi connectivity index (χ3v) is 11.8. The van der Waals surface area contributed by atoms with Crippen molar-refractivity contribution in [3.63, 3.8) is 0 Å². The van der Waals surface area contributed by atoms with Crippen molar-refractivity contribution in [2.45, 2.75) is 116 Å². The predicted octanol–water partition coefficient (Wildman–Crippen LogP) is 6.27. The second-order valence-electron chi connectivity index (χ2n) is 12.7. The van der Waals surface area contributed by atoms with Crippen LogP contribution in [-0.4, -0.2) is 22.5 Å². The molecule has 9 atom stereocenters. The molecule has 0 heterocycles. The van der Waals surface area contributed by atoms with Crippen LogP contribution in [0.15, 0.2) is 0 Å². The molecule has 0 spiro atoms. The highest BCUT2D eigenvalue weighted by atomic mass is 15.3. The lowest BCUT2D eigenvalue weighted by Gasteiger charge is -2.63. The molecular formula is C25H41N. The highest BCUT2D eigenvalue weighted by Gasteiger charge is 2.71. The summed E-state index contributed by atoms with van der Waals surface area (Å²) in [5.74, 6) is 5.19. The number of rotatable bonds is 3. The average Bonchev–Trinajstić information content (AvgIpc) is 3.40. The second-order valence-corrected chi connectivity index (χ2v) is 12.7. The number of nitrogens with zero attached hydrogens (tertiary/aromatic N) is 1. The van der Waals surface area contributed by atoms with Gasteiger partial charge >= 0.3 is 0 Å². The maximum Gasteiger partial charge on any atom is 0.0294 e. The molecule has 146 valence electrons. The molecule has 1 nitrogen and oxygen atoms in total. The normalized spacial score (nSPS) is 59.2. The predicted molar refractivity (Wildman–Crippen MR) is 108 cm³/mol. The van der Waals surface area contributed by atoms with Gasteiger partial charge < -0.3 is 0 Å². The third-order valence-electron chi connectivity index (χ3n) is 11.8. The lowest BCUT2D eigenvalue weighted by molar-refractivity contribution is -0.142. The number of hydrogen-bond acceptors (Lipinski definition) is 1. The number of hydrogen-bond donors (Lipinski definition) is 0. The Balaban J connectivity index is 1.45. The van der Waals surface area contributed by atoms with Crippen LogP contribution in [0.1, 0.15) is 98.3 Å². The minimum atomic E-state index is 0.424. The van der Waals surface area contributed by atoms with Gasteiger partial charge in [-0.05, 0) is 105 Å². The van der Waals surface area contributed by atoms with E-state index in [4.69, 9.17) is 0 Å². The van der Waals surface area contributed by atoms with Crippen LogP contribution in [0, 0.1) is 40.4 Å². The van der Waals surface area contributed by atoms with Gasteiger partial charge in [-0.1, -0.05) is 33.6 Å². The quantitative estimate of drug-likeness (QED) is 0.576. The topological polar surface area (TPSA) is 3.24 Å². The van der Waals surface area contributed by atoms with E-state index in [0.717, 1.165) is 41.7 Å². The van der Waals surface area contributed by atoms with E-state index >= 15 is 0 Å². The van der Waals surface area contributed by atoms with Gasteiger partial charge in [-0.2, -0.15) is 0 Å². The molecule has 9 unspecified atom stereocenters. The summed E-state index contributed by atoms with van der Waals surface area (Å²) in [7, 11) is 0.